The van der Waals surface area contributed by atoms with Crippen molar-refractivity contribution in [2.45, 2.75) is 25.3 Å². The third-order valence-electron chi connectivity index (χ3n) is 5.46. The van der Waals surface area contributed by atoms with E-state index in [0.29, 0.717) is 43.2 Å². The van der Waals surface area contributed by atoms with Crippen LogP contribution in [0.15, 0.2) is 48.5 Å². The number of anilines is 1. The van der Waals surface area contributed by atoms with Crippen molar-refractivity contribution in [3.05, 3.63) is 54.1 Å². The largest absolute Gasteiger partial charge is 0.486 e. The van der Waals surface area contributed by atoms with E-state index in [1.807, 2.05) is 30.3 Å². The van der Waals surface area contributed by atoms with E-state index in [9.17, 15) is 19.2 Å². The Morgan fingerprint density at radius 3 is 2.55 bits per heavy atom. The summed E-state index contributed by atoms with van der Waals surface area (Å²) in [6, 6.07) is 13.0. The van der Waals surface area contributed by atoms with Gasteiger partial charge in [0.25, 0.3) is 5.91 Å². The normalized spacial score (nSPS) is 19.1. The molecule has 6 amide bonds. The molecule has 2 heterocycles. The zero-order valence-electron chi connectivity index (χ0n) is 18.1. The molecule has 2 aromatic carbocycles. The van der Waals surface area contributed by atoms with Crippen LogP contribution in [0.4, 0.5) is 15.3 Å². The molecule has 172 valence electrons. The molecule has 1 atom stereocenters. The smallest absolute Gasteiger partial charge is 0.325 e. The van der Waals surface area contributed by atoms with Crippen LogP contribution < -0.4 is 25.4 Å². The van der Waals surface area contributed by atoms with Crippen LogP contribution in [-0.4, -0.2) is 54.1 Å². The monoisotopic (exact) mass is 452 g/mol. The molecule has 1 saturated heterocycles. The average Bonchev–Trinajstić information content (AvgIpc) is 3.01. The minimum Gasteiger partial charge on any atom is -0.486 e. The van der Waals surface area contributed by atoms with Gasteiger partial charge in [-0.25, -0.2) is 9.59 Å². The van der Waals surface area contributed by atoms with Gasteiger partial charge in [0.1, 0.15) is 25.3 Å². The first-order valence-electron chi connectivity index (χ1n) is 10.5. The number of rotatable bonds is 6. The van der Waals surface area contributed by atoms with Gasteiger partial charge in [0.15, 0.2) is 11.5 Å². The second-order valence-corrected chi connectivity index (χ2v) is 8.00. The third kappa shape index (κ3) is 5.05. The fourth-order valence-corrected chi connectivity index (χ4v) is 3.69. The molecule has 10 heteroatoms. The molecule has 2 aromatic rings. The zero-order valence-corrected chi connectivity index (χ0v) is 18.1. The Morgan fingerprint density at radius 1 is 1.06 bits per heavy atom. The molecule has 4 rings (SSSR count). The van der Waals surface area contributed by atoms with Gasteiger partial charge in [-0.2, -0.15) is 0 Å². The molecule has 0 saturated carbocycles. The molecule has 2 aliphatic heterocycles. The van der Waals surface area contributed by atoms with Gasteiger partial charge in [0.2, 0.25) is 5.91 Å². The molecule has 0 bridgehead atoms. The highest BCUT2D eigenvalue weighted by Crippen LogP contribution is 2.32. The van der Waals surface area contributed by atoms with Gasteiger partial charge in [0.05, 0.1) is 0 Å². The first-order valence-corrected chi connectivity index (χ1v) is 10.5. The first kappa shape index (κ1) is 22.1. The summed E-state index contributed by atoms with van der Waals surface area (Å²) in [4.78, 5) is 50.5. The Hall–Kier alpha value is -4.08. The van der Waals surface area contributed by atoms with Crippen molar-refractivity contribution in [1.82, 2.24) is 15.5 Å². The molecule has 0 spiro atoms. The van der Waals surface area contributed by atoms with Crippen molar-refractivity contribution in [1.29, 1.82) is 0 Å². The molecule has 10 nitrogen and oxygen atoms in total. The number of amides is 6. The van der Waals surface area contributed by atoms with Gasteiger partial charge in [-0.3, -0.25) is 19.8 Å². The summed E-state index contributed by atoms with van der Waals surface area (Å²) in [5.74, 6) is -0.247. The number of carbonyl (C=O) groups is 4. The van der Waals surface area contributed by atoms with E-state index in [2.05, 4.69) is 16.0 Å². The zero-order chi connectivity index (χ0) is 23.4. The van der Waals surface area contributed by atoms with Crippen LogP contribution in [0.2, 0.25) is 0 Å². The fraction of sp³-hybridized carbons (Fsp3) is 0.304. The van der Waals surface area contributed by atoms with Crippen molar-refractivity contribution in [3.8, 4) is 11.5 Å². The summed E-state index contributed by atoms with van der Waals surface area (Å²) < 4.78 is 10.9. The van der Waals surface area contributed by atoms with Gasteiger partial charge in [0, 0.05) is 11.8 Å². The van der Waals surface area contributed by atoms with Crippen LogP contribution in [0.3, 0.4) is 0 Å². The minimum atomic E-state index is -1.12. The lowest BCUT2D eigenvalue weighted by Crippen LogP contribution is -2.46. The number of hydrogen-bond donors (Lipinski definition) is 3. The highest BCUT2D eigenvalue weighted by atomic mass is 16.6. The number of ether oxygens (including phenoxy) is 2. The lowest BCUT2D eigenvalue weighted by Gasteiger charge is -2.21. The molecule has 0 aromatic heterocycles. The molecule has 0 radical (unpaired) electrons. The van der Waals surface area contributed by atoms with Crippen molar-refractivity contribution in [2.24, 2.45) is 0 Å². The van der Waals surface area contributed by atoms with Crippen molar-refractivity contribution < 1.29 is 28.7 Å². The predicted molar refractivity (Wildman–Crippen MR) is 118 cm³/mol. The van der Waals surface area contributed by atoms with Crippen LogP contribution in [0.25, 0.3) is 0 Å². The van der Waals surface area contributed by atoms with Crippen LogP contribution >= 0.6 is 0 Å². The van der Waals surface area contributed by atoms with E-state index in [0.717, 1.165) is 10.5 Å². The van der Waals surface area contributed by atoms with Gasteiger partial charge in [-0.1, -0.05) is 30.3 Å². The quantitative estimate of drug-likeness (QED) is 0.576. The van der Waals surface area contributed by atoms with E-state index < -0.39 is 36.0 Å². The van der Waals surface area contributed by atoms with Crippen LogP contribution in [-0.2, 0) is 16.0 Å². The Labute approximate surface area is 190 Å². The summed E-state index contributed by atoms with van der Waals surface area (Å²) in [6.07, 6.45) is 0.964. The number of carbonyl (C=O) groups excluding carboxylic acids is 4. The number of hydrogen-bond acceptors (Lipinski definition) is 6. The molecule has 0 unspecified atom stereocenters. The van der Waals surface area contributed by atoms with Gasteiger partial charge < -0.3 is 20.1 Å². The average molecular weight is 452 g/mol. The number of aryl methyl sites for hydroxylation is 1. The lowest BCUT2D eigenvalue weighted by atomic mass is 9.93. The van der Waals surface area contributed by atoms with E-state index >= 15 is 0 Å². The molecular formula is C23H24N4O6. The summed E-state index contributed by atoms with van der Waals surface area (Å²) in [5.41, 5.74) is 0.307. The lowest BCUT2D eigenvalue weighted by molar-refractivity contribution is -0.134. The molecule has 3 N–H and O–H groups in total. The topological polar surface area (TPSA) is 126 Å². The fourth-order valence-electron chi connectivity index (χ4n) is 3.69. The summed E-state index contributed by atoms with van der Waals surface area (Å²) >= 11 is 0. The van der Waals surface area contributed by atoms with E-state index in [-0.39, 0.29) is 0 Å². The first-order chi connectivity index (χ1) is 15.8. The maximum Gasteiger partial charge on any atom is 0.325 e. The van der Waals surface area contributed by atoms with E-state index in [4.69, 9.17) is 9.47 Å². The van der Waals surface area contributed by atoms with E-state index in [1.54, 1.807) is 25.1 Å². The highest BCUT2D eigenvalue weighted by molar-refractivity contribution is 6.10. The van der Waals surface area contributed by atoms with Gasteiger partial charge in [-0.15, -0.1) is 0 Å². The number of nitrogens with one attached hydrogen (secondary N) is 3. The van der Waals surface area contributed by atoms with Crippen molar-refractivity contribution in [2.75, 3.05) is 25.1 Å². The molecule has 33 heavy (non-hydrogen) atoms. The number of benzene rings is 2. The van der Waals surface area contributed by atoms with E-state index in [1.165, 1.54) is 0 Å². The second-order valence-electron chi connectivity index (χ2n) is 8.00. The Balaban J connectivity index is 1.30. The number of urea groups is 2. The summed E-state index contributed by atoms with van der Waals surface area (Å²) in [5, 5.41) is 7.30. The molecule has 1 fully saturated rings. The SMILES string of the molecule is C[C@@]1(CCc2ccccc2)NC(=O)N(CC(=O)NC(=O)Nc2ccc3c(c2)OCCO3)C1=O. The van der Waals surface area contributed by atoms with Crippen LogP contribution in [0, 0.1) is 0 Å². The van der Waals surface area contributed by atoms with Crippen molar-refractivity contribution in [3.63, 3.8) is 0 Å². The Bertz CT molecular complexity index is 1090. The minimum absolute atomic E-state index is 0.379. The maximum atomic E-state index is 12.8. The predicted octanol–water partition coefficient (Wildman–Crippen LogP) is 2.05. The number of nitrogens with zero attached hydrogens (tertiary/aromatic N) is 1. The van der Waals surface area contributed by atoms with Crippen LogP contribution in [0.5, 0.6) is 11.5 Å². The molecule has 0 aliphatic carbocycles. The molecule has 2 aliphatic rings. The summed E-state index contributed by atoms with van der Waals surface area (Å²) in [7, 11) is 0. The second kappa shape index (κ2) is 9.19. The van der Waals surface area contributed by atoms with Gasteiger partial charge in [-0.05, 0) is 37.5 Å². The van der Waals surface area contributed by atoms with Crippen LogP contribution in [0.1, 0.15) is 18.9 Å². The van der Waals surface area contributed by atoms with Gasteiger partial charge >= 0.3 is 12.1 Å². The standard InChI is InChI=1S/C23H24N4O6/c1-23(10-9-15-5-3-2-4-6-15)20(29)27(22(31)26-23)14-19(28)25-21(30)24-16-7-8-17-18(13-16)33-12-11-32-17/h2-8,13H,9-12,14H2,1H3,(H,26,31)(H2,24,25,28,30)/t23-/m0/s1. The maximum absolute atomic E-state index is 12.8. The number of fused-ring (bicyclic) bond motifs is 1. The van der Waals surface area contributed by atoms with Crippen molar-refractivity contribution >= 4 is 29.6 Å². The summed E-state index contributed by atoms with van der Waals surface area (Å²) in [6.45, 7) is 1.91. The molecular weight excluding hydrogens is 428 g/mol. The highest BCUT2D eigenvalue weighted by Gasteiger charge is 2.47. The Morgan fingerprint density at radius 2 is 1.79 bits per heavy atom. The Kier molecular flexibility index (Phi) is 6.16. The number of imide groups is 2. The third-order valence-corrected chi connectivity index (χ3v) is 5.46.